The molecule has 5 aromatic rings. The highest BCUT2D eigenvalue weighted by molar-refractivity contribution is 14.1. The van der Waals surface area contributed by atoms with Gasteiger partial charge in [-0.3, -0.25) is 0 Å². The lowest BCUT2D eigenvalue weighted by atomic mass is 9.50. The van der Waals surface area contributed by atoms with Gasteiger partial charge >= 0.3 is 11.9 Å². The minimum atomic E-state index is -0.363. The Balaban J connectivity index is 0.677. The molecule has 0 amide bonds. The predicted molar refractivity (Wildman–Crippen MR) is 308 cm³/mol. The number of hydrogen-bond acceptors (Lipinski definition) is 8. The highest BCUT2D eigenvalue weighted by Gasteiger charge is 2.58. The molecule has 8 nitrogen and oxygen atoms in total. The SMILES string of the molecule is CC1(OC(=O)COc2c(I)cc(COc3ccc([S+](c4ccccc4)c4ccc(OCc5cc(I)c(OCC(=O)OC6(C)C7CC8CC(C7)CC6C8)c(I)c5)cc4)cc3)cc2I)C2CC3CC(C2)CC1C3. The van der Waals surface area contributed by atoms with Crippen molar-refractivity contribution >= 4 is 113 Å². The molecule has 8 aliphatic rings. The summed E-state index contributed by atoms with van der Waals surface area (Å²) in [7, 11) is -0.361. The summed E-state index contributed by atoms with van der Waals surface area (Å²) in [6.45, 7) is 4.97. The van der Waals surface area contributed by atoms with E-state index >= 15 is 0 Å². The van der Waals surface area contributed by atoms with Gasteiger partial charge in [0, 0.05) is 0 Å². The average molecular weight is 1420 g/mol. The van der Waals surface area contributed by atoms with Crippen LogP contribution in [0.2, 0.25) is 0 Å². The Labute approximate surface area is 475 Å². The van der Waals surface area contributed by atoms with Crippen LogP contribution >= 0.6 is 90.4 Å². The summed E-state index contributed by atoms with van der Waals surface area (Å²) in [5.41, 5.74) is 1.32. The summed E-state index contributed by atoms with van der Waals surface area (Å²) in [4.78, 5) is 30.0. The number of carbonyl (C=O) groups excluding carboxylic acids is 2. The van der Waals surface area contributed by atoms with Crippen molar-refractivity contribution < 1.29 is 38.0 Å². The van der Waals surface area contributed by atoms with Gasteiger partial charge in [-0.1, -0.05) is 18.2 Å². The topological polar surface area (TPSA) is 89.5 Å². The summed E-state index contributed by atoms with van der Waals surface area (Å²) in [6, 6.07) is 35.7. The van der Waals surface area contributed by atoms with Crippen LogP contribution in [0.15, 0.2) is 118 Å². The number of hydrogen-bond donors (Lipinski definition) is 0. The van der Waals surface area contributed by atoms with Crippen LogP contribution in [0.3, 0.4) is 0 Å². The highest BCUT2D eigenvalue weighted by Crippen LogP contribution is 2.61. The van der Waals surface area contributed by atoms with Gasteiger partial charge in [0.25, 0.3) is 0 Å². The molecule has 0 aromatic heterocycles. The third-order valence-corrected chi connectivity index (χ3v) is 22.3. The van der Waals surface area contributed by atoms with E-state index < -0.39 is 0 Å². The van der Waals surface area contributed by atoms with Crippen molar-refractivity contribution in [2.75, 3.05) is 13.2 Å². The van der Waals surface area contributed by atoms with Gasteiger partial charge in [0.2, 0.25) is 0 Å². The zero-order valence-electron chi connectivity index (χ0n) is 40.0. The molecular weight excluding hydrogens is 1360 g/mol. The first-order valence-corrected chi connectivity index (χ1v) is 30.7. The van der Waals surface area contributed by atoms with Gasteiger partial charge in [0.1, 0.15) is 47.4 Å². The Morgan fingerprint density at radius 3 is 1.13 bits per heavy atom. The maximum Gasteiger partial charge on any atom is 0.344 e. The van der Waals surface area contributed by atoms with Crippen LogP contribution in [0.1, 0.15) is 89.2 Å². The number of rotatable bonds is 17. The number of halogens is 4. The minimum absolute atomic E-state index is 0.0904. The number of benzene rings is 5. The molecule has 8 aliphatic carbocycles. The molecule has 0 saturated heterocycles. The summed E-state index contributed by atoms with van der Waals surface area (Å²) < 4.78 is 41.2. The van der Waals surface area contributed by atoms with Gasteiger partial charge in [-0.25, -0.2) is 9.59 Å². The van der Waals surface area contributed by atoms with Gasteiger partial charge in [0.05, 0.1) is 25.2 Å². The van der Waals surface area contributed by atoms with Gasteiger partial charge in [0.15, 0.2) is 27.9 Å². The van der Waals surface area contributed by atoms with Crippen molar-refractivity contribution in [1.29, 1.82) is 0 Å². The molecule has 0 N–H and O–H groups in total. The third-order valence-electron chi connectivity index (χ3n) is 16.9. The van der Waals surface area contributed by atoms with Crippen molar-refractivity contribution in [2.45, 2.75) is 117 Å². The van der Waals surface area contributed by atoms with Gasteiger partial charge in [-0.15, -0.1) is 0 Å². The lowest BCUT2D eigenvalue weighted by Crippen LogP contribution is -2.58. The average Bonchev–Trinajstić information content (AvgIpc) is 3.34. The Morgan fingerprint density at radius 1 is 0.465 bits per heavy atom. The molecule has 71 heavy (non-hydrogen) atoms. The standard InChI is InChI=1S/C58H59I4O8S/c1-57(40-18-34-16-35(20-40)21-41(57)19-34)69-53(63)32-67-55-49(59)26-38(27-50(55)60)30-65-44-8-12-47(13-9-44)71(46-6-4-3-5-7-46)48-14-10-45(11-15-48)66-31-39-28-51(61)56(52(62)29-39)68-33-54(64)70-58(2)42-22-36-17-37(24-42)25-43(58)23-36/h3-15,26-29,34-37,40-43H,16-25,30-33H2,1-2H3/q+1. The van der Waals surface area contributed by atoms with E-state index in [1.165, 1.54) is 78.9 Å². The van der Waals surface area contributed by atoms with Crippen molar-refractivity contribution in [3.8, 4) is 23.0 Å². The molecule has 8 bridgehead atoms. The first-order valence-electron chi connectivity index (χ1n) is 25.2. The molecule has 0 atom stereocenters. The summed E-state index contributed by atoms with van der Waals surface area (Å²) in [6.07, 6.45) is 12.3. The fourth-order valence-corrected chi connectivity index (χ4v) is 20.2. The zero-order chi connectivity index (χ0) is 49.0. The number of carbonyl (C=O) groups is 2. The number of esters is 2. The molecular formula is C58H59I4O8S+. The molecule has 13 heteroatoms. The zero-order valence-corrected chi connectivity index (χ0v) is 49.5. The quantitative estimate of drug-likeness (QED) is 0.0517. The lowest BCUT2D eigenvalue weighted by Gasteiger charge is -2.59. The Bertz CT molecular complexity index is 2500. The fraction of sp³-hybridized carbons (Fsp3) is 0.448. The molecule has 0 aliphatic heterocycles. The van der Waals surface area contributed by atoms with E-state index in [4.69, 9.17) is 28.4 Å². The van der Waals surface area contributed by atoms with Crippen molar-refractivity contribution in [1.82, 2.24) is 0 Å². The van der Waals surface area contributed by atoms with E-state index in [2.05, 4.69) is 183 Å². The smallest absolute Gasteiger partial charge is 0.344 e. The van der Waals surface area contributed by atoms with Crippen LogP contribution in [-0.4, -0.2) is 36.4 Å². The van der Waals surface area contributed by atoms with Crippen LogP contribution < -0.4 is 18.9 Å². The molecule has 8 fully saturated rings. The van der Waals surface area contributed by atoms with Crippen molar-refractivity contribution in [3.63, 3.8) is 0 Å². The summed E-state index contributed by atoms with van der Waals surface area (Å²) >= 11 is 9.15. The van der Waals surface area contributed by atoms with Gasteiger partial charge in [-0.2, -0.15) is 0 Å². The molecule has 0 unspecified atom stereocenters. The van der Waals surface area contributed by atoms with E-state index in [0.717, 1.165) is 60.6 Å². The molecule has 0 spiro atoms. The Kier molecular flexibility index (Phi) is 15.2. The van der Waals surface area contributed by atoms with E-state index in [1.54, 1.807) is 0 Å². The number of ether oxygens (including phenoxy) is 6. The van der Waals surface area contributed by atoms with Crippen LogP contribution in [0, 0.1) is 61.6 Å². The lowest BCUT2D eigenvalue weighted by molar-refractivity contribution is -0.205. The van der Waals surface area contributed by atoms with Crippen LogP contribution in [0.4, 0.5) is 0 Å². The van der Waals surface area contributed by atoms with E-state index in [-0.39, 0.29) is 47.2 Å². The molecule has 372 valence electrons. The second kappa shape index (κ2) is 21.3. The first kappa shape index (κ1) is 50.7. The van der Waals surface area contributed by atoms with Crippen LogP contribution in [0.5, 0.6) is 23.0 Å². The van der Waals surface area contributed by atoms with Crippen LogP contribution in [0.25, 0.3) is 0 Å². The highest BCUT2D eigenvalue weighted by atomic mass is 127. The second-order valence-electron chi connectivity index (χ2n) is 21.4. The maximum atomic E-state index is 13.2. The molecule has 0 heterocycles. The molecule has 5 aromatic carbocycles. The fourth-order valence-electron chi connectivity index (χ4n) is 13.7. The third kappa shape index (κ3) is 10.8. The molecule has 0 radical (unpaired) electrons. The van der Waals surface area contributed by atoms with Crippen molar-refractivity contribution in [3.05, 3.63) is 129 Å². The van der Waals surface area contributed by atoms with Crippen LogP contribution in [-0.2, 0) is 43.2 Å². The van der Waals surface area contributed by atoms with Gasteiger partial charge < -0.3 is 28.4 Å². The van der Waals surface area contributed by atoms with E-state index in [0.29, 0.717) is 48.4 Å². The first-order chi connectivity index (χ1) is 34.3. The predicted octanol–water partition coefficient (Wildman–Crippen LogP) is 14.6. The van der Waals surface area contributed by atoms with Crippen molar-refractivity contribution in [2.24, 2.45) is 47.3 Å². The Morgan fingerprint density at radius 2 is 0.789 bits per heavy atom. The second-order valence-corrected chi connectivity index (χ2v) is 28.1. The monoisotopic (exact) mass is 1420 g/mol. The summed E-state index contributed by atoms with van der Waals surface area (Å²) in [5, 5.41) is 0. The van der Waals surface area contributed by atoms with E-state index in [9.17, 15) is 9.59 Å². The molecule has 13 rings (SSSR count). The largest absolute Gasteiger partial charge is 0.489 e. The normalized spacial score (nSPS) is 29.1. The molecule has 8 saturated carbocycles. The maximum absolute atomic E-state index is 13.2. The Hall–Kier alpha value is -2.49. The van der Waals surface area contributed by atoms with E-state index in [1.807, 2.05) is 24.3 Å². The summed E-state index contributed by atoms with van der Waals surface area (Å²) in [5.74, 6) is 7.64. The minimum Gasteiger partial charge on any atom is -0.489 e. The van der Waals surface area contributed by atoms with Gasteiger partial charge in [-0.05, 0) is 312 Å².